The van der Waals surface area contributed by atoms with Crippen molar-refractivity contribution < 1.29 is 24.2 Å². The molecule has 1 unspecified atom stereocenters. The molecule has 0 aliphatic rings. The summed E-state index contributed by atoms with van der Waals surface area (Å²) in [6.07, 6.45) is 1.96. The number of esters is 1. The molecule has 158 valence electrons. The summed E-state index contributed by atoms with van der Waals surface area (Å²) in [5.41, 5.74) is 0.599. The van der Waals surface area contributed by atoms with Gasteiger partial charge in [0.05, 0.1) is 5.41 Å². The summed E-state index contributed by atoms with van der Waals surface area (Å²) in [7, 11) is 3.90. The SMILES string of the molecule is CC(CC(C(=O)COC(=O)/C=C/C(=O)O)(c1ccccc1)c1ccccc1)N(C)C. The predicted octanol–water partition coefficient (Wildman–Crippen LogP) is 3.07. The second-order valence-electron chi connectivity index (χ2n) is 7.36. The maximum atomic E-state index is 13.6. The van der Waals surface area contributed by atoms with E-state index in [1.165, 1.54) is 0 Å². The van der Waals surface area contributed by atoms with Crippen LogP contribution < -0.4 is 0 Å². The monoisotopic (exact) mass is 409 g/mol. The van der Waals surface area contributed by atoms with E-state index in [1.54, 1.807) is 0 Å². The number of carboxylic acids is 1. The number of nitrogens with zero attached hydrogens (tertiary/aromatic N) is 1. The third kappa shape index (κ3) is 5.64. The van der Waals surface area contributed by atoms with Crippen molar-refractivity contribution in [3.8, 4) is 0 Å². The highest BCUT2D eigenvalue weighted by Crippen LogP contribution is 2.38. The Morgan fingerprint density at radius 3 is 1.90 bits per heavy atom. The zero-order chi connectivity index (χ0) is 22.1. The molecule has 30 heavy (non-hydrogen) atoms. The van der Waals surface area contributed by atoms with Crippen LogP contribution in [0.2, 0.25) is 0 Å². The summed E-state index contributed by atoms with van der Waals surface area (Å²) >= 11 is 0. The third-order valence-corrected chi connectivity index (χ3v) is 5.20. The first-order valence-electron chi connectivity index (χ1n) is 9.66. The molecule has 0 aliphatic heterocycles. The Morgan fingerprint density at radius 2 is 1.47 bits per heavy atom. The standard InChI is InChI=1S/C24H27NO5/c1-18(25(2)3)16-24(19-10-6-4-7-11-19,20-12-8-5-9-13-20)21(26)17-30-23(29)15-14-22(27)28/h4-15,18H,16-17H2,1-3H3,(H,27,28)/b15-14+. The van der Waals surface area contributed by atoms with Gasteiger partial charge in [-0.1, -0.05) is 60.7 Å². The normalized spacial score (nSPS) is 12.7. The Balaban J connectivity index is 2.49. The van der Waals surface area contributed by atoms with Crippen LogP contribution in [0, 0.1) is 0 Å². The van der Waals surface area contributed by atoms with Crippen LogP contribution in [0.15, 0.2) is 72.8 Å². The number of Topliss-reactive ketones (excluding diaryl/α,β-unsaturated/α-hetero) is 1. The molecule has 1 N–H and O–H groups in total. The Kier molecular flexibility index (Phi) is 8.07. The molecule has 0 saturated carbocycles. The maximum absolute atomic E-state index is 13.6. The molecule has 0 fully saturated rings. The van der Waals surface area contributed by atoms with Crippen molar-refractivity contribution in [2.75, 3.05) is 20.7 Å². The molecule has 0 heterocycles. The fraction of sp³-hybridized carbons (Fsp3) is 0.292. The lowest BCUT2D eigenvalue weighted by molar-refractivity contribution is -0.145. The van der Waals surface area contributed by atoms with Gasteiger partial charge in [0.25, 0.3) is 0 Å². The Hall–Kier alpha value is -3.25. The molecule has 0 bridgehead atoms. The van der Waals surface area contributed by atoms with E-state index >= 15 is 0 Å². The number of ketones is 1. The summed E-state index contributed by atoms with van der Waals surface area (Å²) in [5.74, 6) is -2.41. The Bertz CT molecular complexity index is 851. The highest BCUT2D eigenvalue weighted by atomic mass is 16.5. The number of carboxylic acid groups (broad SMARTS) is 1. The van der Waals surface area contributed by atoms with Gasteiger partial charge in [0, 0.05) is 18.2 Å². The second-order valence-corrected chi connectivity index (χ2v) is 7.36. The average molecular weight is 409 g/mol. The highest BCUT2D eigenvalue weighted by Gasteiger charge is 2.43. The van der Waals surface area contributed by atoms with Gasteiger partial charge in [-0.25, -0.2) is 9.59 Å². The highest BCUT2D eigenvalue weighted by molar-refractivity contribution is 5.97. The van der Waals surface area contributed by atoms with E-state index in [-0.39, 0.29) is 11.8 Å². The van der Waals surface area contributed by atoms with Crippen LogP contribution in [0.5, 0.6) is 0 Å². The fourth-order valence-electron chi connectivity index (χ4n) is 3.36. The first-order chi connectivity index (χ1) is 14.3. The van der Waals surface area contributed by atoms with E-state index in [0.29, 0.717) is 12.5 Å². The quantitative estimate of drug-likeness (QED) is 0.480. The molecule has 2 aromatic rings. The number of aliphatic carboxylic acids is 1. The van der Waals surface area contributed by atoms with E-state index in [0.717, 1.165) is 17.2 Å². The zero-order valence-corrected chi connectivity index (χ0v) is 17.4. The zero-order valence-electron chi connectivity index (χ0n) is 17.4. The van der Waals surface area contributed by atoms with Crippen LogP contribution in [-0.2, 0) is 24.5 Å². The molecule has 1 atom stereocenters. The molecule has 0 saturated heterocycles. The molecule has 2 aromatic carbocycles. The minimum atomic E-state index is -1.26. The molecule has 2 rings (SSSR count). The molecule has 0 spiro atoms. The fourth-order valence-corrected chi connectivity index (χ4v) is 3.36. The van der Waals surface area contributed by atoms with Crippen molar-refractivity contribution in [1.82, 2.24) is 4.90 Å². The lowest BCUT2D eigenvalue weighted by atomic mass is 9.67. The van der Waals surface area contributed by atoms with Gasteiger partial charge in [0.15, 0.2) is 12.4 Å². The van der Waals surface area contributed by atoms with Gasteiger partial charge in [0.2, 0.25) is 0 Å². The molecule has 0 radical (unpaired) electrons. The van der Waals surface area contributed by atoms with Crippen LogP contribution in [-0.4, -0.2) is 54.5 Å². The number of carbonyl (C=O) groups excluding carboxylic acids is 2. The number of rotatable bonds is 10. The van der Waals surface area contributed by atoms with Gasteiger partial charge in [-0.05, 0) is 38.6 Å². The van der Waals surface area contributed by atoms with Crippen LogP contribution >= 0.6 is 0 Å². The number of hydrogen-bond donors (Lipinski definition) is 1. The summed E-state index contributed by atoms with van der Waals surface area (Å²) in [6.45, 7) is 1.57. The van der Waals surface area contributed by atoms with E-state index in [4.69, 9.17) is 9.84 Å². The summed E-state index contributed by atoms with van der Waals surface area (Å²) in [6, 6.07) is 18.9. The largest absolute Gasteiger partial charge is 0.478 e. The van der Waals surface area contributed by atoms with E-state index < -0.39 is 24.0 Å². The number of ether oxygens (including phenoxy) is 1. The summed E-state index contributed by atoms with van der Waals surface area (Å²) < 4.78 is 5.09. The van der Waals surface area contributed by atoms with Gasteiger partial charge in [0.1, 0.15) is 0 Å². The minimum Gasteiger partial charge on any atom is -0.478 e. The van der Waals surface area contributed by atoms with E-state index in [1.807, 2.05) is 86.6 Å². The third-order valence-electron chi connectivity index (χ3n) is 5.20. The van der Waals surface area contributed by atoms with Crippen LogP contribution in [0.1, 0.15) is 24.5 Å². The first kappa shape index (κ1) is 23.0. The van der Waals surface area contributed by atoms with Crippen LogP contribution in [0.4, 0.5) is 0 Å². The Labute approximate surface area is 176 Å². The molecular weight excluding hydrogens is 382 g/mol. The summed E-state index contributed by atoms with van der Waals surface area (Å²) in [4.78, 5) is 38.1. The topological polar surface area (TPSA) is 83.9 Å². The molecule has 6 nitrogen and oxygen atoms in total. The smallest absolute Gasteiger partial charge is 0.331 e. The van der Waals surface area contributed by atoms with Gasteiger partial charge in [-0.3, -0.25) is 4.79 Å². The lowest BCUT2D eigenvalue weighted by Crippen LogP contribution is -2.45. The predicted molar refractivity (Wildman–Crippen MR) is 114 cm³/mol. The van der Waals surface area contributed by atoms with Gasteiger partial charge in [-0.2, -0.15) is 0 Å². The van der Waals surface area contributed by atoms with Crippen molar-refractivity contribution in [1.29, 1.82) is 0 Å². The van der Waals surface area contributed by atoms with Crippen molar-refractivity contribution in [3.63, 3.8) is 0 Å². The van der Waals surface area contributed by atoms with Gasteiger partial charge >= 0.3 is 11.9 Å². The first-order valence-corrected chi connectivity index (χ1v) is 9.66. The molecular formula is C24H27NO5. The van der Waals surface area contributed by atoms with Crippen molar-refractivity contribution in [3.05, 3.63) is 83.9 Å². The van der Waals surface area contributed by atoms with Gasteiger partial charge in [-0.15, -0.1) is 0 Å². The summed E-state index contributed by atoms with van der Waals surface area (Å²) in [5, 5.41) is 8.65. The maximum Gasteiger partial charge on any atom is 0.331 e. The number of carbonyl (C=O) groups is 3. The van der Waals surface area contributed by atoms with Crippen molar-refractivity contribution >= 4 is 17.7 Å². The van der Waals surface area contributed by atoms with Crippen LogP contribution in [0.3, 0.4) is 0 Å². The second kappa shape index (κ2) is 10.5. The molecule has 6 heteroatoms. The molecule has 0 aromatic heterocycles. The van der Waals surface area contributed by atoms with E-state index in [9.17, 15) is 14.4 Å². The van der Waals surface area contributed by atoms with Crippen molar-refractivity contribution in [2.24, 2.45) is 0 Å². The minimum absolute atomic E-state index is 0.0528. The van der Waals surface area contributed by atoms with E-state index in [2.05, 4.69) is 0 Å². The van der Waals surface area contributed by atoms with Crippen molar-refractivity contribution in [2.45, 2.75) is 24.8 Å². The van der Waals surface area contributed by atoms with Gasteiger partial charge < -0.3 is 14.7 Å². The van der Waals surface area contributed by atoms with Crippen LogP contribution in [0.25, 0.3) is 0 Å². The molecule has 0 amide bonds. The number of hydrogen-bond acceptors (Lipinski definition) is 5. The number of benzene rings is 2. The Morgan fingerprint density at radius 1 is 0.967 bits per heavy atom. The lowest BCUT2D eigenvalue weighted by Gasteiger charge is -2.37. The molecule has 0 aliphatic carbocycles. The average Bonchev–Trinajstić information content (AvgIpc) is 2.75.